The molecule has 158 valence electrons. The minimum Gasteiger partial charge on any atom is -0.465 e. The topological polar surface area (TPSA) is 53.3 Å². The number of carbonyl (C=O) groups is 1. The van der Waals surface area contributed by atoms with Gasteiger partial charge >= 0.3 is 5.97 Å². The van der Waals surface area contributed by atoms with Crippen LogP contribution in [0, 0.1) is 22.2 Å². The number of nitriles is 1. The van der Waals surface area contributed by atoms with E-state index in [2.05, 4.69) is 43.9 Å². The number of methoxy groups -OCH3 is 1. The molecule has 2 aromatic rings. The summed E-state index contributed by atoms with van der Waals surface area (Å²) in [6.07, 6.45) is 5.72. The van der Waals surface area contributed by atoms with E-state index in [1.54, 1.807) is 0 Å². The molecule has 0 spiro atoms. The number of benzene rings is 2. The van der Waals surface area contributed by atoms with E-state index < -0.39 is 0 Å². The molecule has 2 aliphatic rings. The second kappa shape index (κ2) is 7.74. The van der Waals surface area contributed by atoms with E-state index in [9.17, 15) is 4.79 Å². The number of hydrogen-bond acceptors (Lipinski definition) is 4. The molecule has 0 amide bonds. The summed E-state index contributed by atoms with van der Waals surface area (Å²) in [6, 6.07) is 17.8. The largest absolute Gasteiger partial charge is 0.465 e. The molecule has 4 rings (SSSR count). The van der Waals surface area contributed by atoms with E-state index in [0.29, 0.717) is 11.1 Å². The van der Waals surface area contributed by atoms with Crippen LogP contribution in [0.5, 0.6) is 0 Å². The molecular weight excluding hydrogens is 384 g/mol. The Morgan fingerprint density at radius 2 is 1.71 bits per heavy atom. The number of ether oxygens (including phenoxy) is 1. The number of anilines is 1. The Bertz CT molecular complexity index is 1100. The summed E-state index contributed by atoms with van der Waals surface area (Å²) >= 11 is 0. The van der Waals surface area contributed by atoms with Gasteiger partial charge in [-0.3, -0.25) is 0 Å². The van der Waals surface area contributed by atoms with Crippen molar-refractivity contribution in [2.75, 3.05) is 25.1 Å². The highest BCUT2D eigenvalue weighted by molar-refractivity contribution is 5.90. The van der Waals surface area contributed by atoms with Crippen LogP contribution in [0.1, 0.15) is 48.7 Å². The lowest BCUT2D eigenvalue weighted by molar-refractivity contribution is 0.0600. The van der Waals surface area contributed by atoms with Gasteiger partial charge < -0.3 is 9.64 Å². The third kappa shape index (κ3) is 3.65. The molecule has 1 atom stereocenters. The van der Waals surface area contributed by atoms with Crippen molar-refractivity contribution in [2.45, 2.75) is 27.2 Å². The van der Waals surface area contributed by atoms with Crippen LogP contribution >= 0.6 is 0 Å². The first-order chi connectivity index (χ1) is 14.8. The minimum absolute atomic E-state index is 0.0467. The Labute approximate surface area is 184 Å². The SMILES string of the molecule is COC(=O)c1ccc(C2=CCC3(C)CN(c4ccc(C#N)cc4)CC=C3C2(C)C)cc1. The summed E-state index contributed by atoms with van der Waals surface area (Å²) < 4.78 is 4.82. The van der Waals surface area contributed by atoms with E-state index >= 15 is 0 Å². The average molecular weight is 413 g/mol. The third-order valence-electron chi connectivity index (χ3n) is 6.79. The lowest BCUT2D eigenvalue weighted by atomic mass is 9.58. The van der Waals surface area contributed by atoms with E-state index in [1.807, 2.05) is 48.5 Å². The van der Waals surface area contributed by atoms with Gasteiger partial charge in [0.25, 0.3) is 0 Å². The van der Waals surface area contributed by atoms with Gasteiger partial charge in [0.15, 0.2) is 0 Å². The van der Waals surface area contributed by atoms with Gasteiger partial charge in [-0.15, -0.1) is 0 Å². The van der Waals surface area contributed by atoms with Gasteiger partial charge in [-0.2, -0.15) is 5.26 Å². The number of rotatable bonds is 3. The Morgan fingerprint density at radius 1 is 1.03 bits per heavy atom. The normalized spacial score (nSPS) is 22.0. The van der Waals surface area contributed by atoms with Crippen molar-refractivity contribution in [2.24, 2.45) is 10.8 Å². The van der Waals surface area contributed by atoms with Crippen molar-refractivity contribution in [3.8, 4) is 6.07 Å². The molecule has 1 unspecified atom stereocenters. The van der Waals surface area contributed by atoms with Crippen LogP contribution in [0.4, 0.5) is 5.69 Å². The number of carbonyl (C=O) groups excluding carboxylic acids is 1. The maximum Gasteiger partial charge on any atom is 0.337 e. The number of esters is 1. The summed E-state index contributed by atoms with van der Waals surface area (Å²) in [7, 11) is 1.40. The molecule has 31 heavy (non-hydrogen) atoms. The predicted molar refractivity (Wildman–Crippen MR) is 124 cm³/mol. The van der Waals surface area contributed by atoms with Crippen molar-refractivity contribution in [1.82, 2.24) is 0 Å². The fraction of sp³-hybridized carbons (Fsp3) is 0.333. The third-order valence-corrected chi connectivity index (χ3v) is 6.79. The molecule has 4 nitrogen and oxygen atoms in total. The number of allylic oxidation sites excluding steroid dienone is 2. The highest BCUT2D eigenvalue weighted by Crippen LogP contribution is 2.55. The summed E-state index contributed by atoms with van der Waals surface area (Å²) in [6.45, 7) is 8.75. The van der Waals surface area contributed by atoms with Crippen molar-refractivity contribution < 1.29 is 9.53 Å². The summed E-state index contributed by atoms with van der Waals surface area (Å²) in [4.78, 5) is 14.2. The summed E-state index contributed by atoms with van der Waals surface area (Å²) in [5.74, 6) is -0.311. The number of nitrogens with zero attached hydrogens (tertiary/aromatic N) is 2. The molecule has 1 aliphatic carbocycles. The van der Waals surface area contributed by atoms with Gasteiger partial charge in [0.05, 0.1) is 24.3 Å². The minimum atomic E-state index is -0.311. The van der Waals surface area contributed by atoms with Gasteiger partial charge in [0, 0.05) is 29.6 Å². The molecule has 2 aromatic carbocycles. The highest BCUT2D eigenvalue weighted by atomic mass is 16.5. The first-order valence-corrected chi connectivity index (χ1v) is 10.6. The molecule has 0 radical (unpaired) electrons. The van der Waals surface area contributed by atoms with Crippen LogP contribution in [-0.4, -0.2) is 26.2 Å². The maximum atomic E-state index is 11.8. The Hall–Kier alpha value is -3.32. The average Bonchev–Trinajstić information content (AvgIpc) is 2.78. The maximum absolute atomic E-state index is 11.8. The quantitative estimate of drug-likeness (QED) is 0.486. The Balaban J connectivity index is 1.62. The number of fused-ring (bicyclic) bond motifs is 1. The fourth-order valence-corrected chi connectivity index (χ4v) is 5.26. The molecule has 0 N–H and O–H groups in total. The zero-order valence-corrected chi connectivity index (χ0v) is 18.6. The summed E-state index contributed by atoms with van der Waals surface area (Å²) in [5, 5.41) is 9.06. The van der Waals surface area contributed by atoms with Gasteiger partial charge in [-0.05, 0) is 54.0 Å². The zero-order chi connectivity index (χ0) is 22.2. The van der Waals surface area contributed by atoms with Gasteiger partial charge in [-0.1, -0.05) is 50.6 Å². The highest BCUT2D eigenvalue weighted by Gasteiger charge is 2.45. The standard InChI is InChI=1S/C27H28N2O2/c1-26(2)23(20-7-9-21(10-8-20)25(30)31-4)13-15-27(3)18-29(16-14-24(26)27)22-11-5-19(17-28)6-12-22/h5-14H,15-16,18H2,1-4H3. The molecule has 0 saturated carbocycles. The van der Waals surface area contributed by atoms with Crippen LogP contribution in [0.15, 0.2) is 66.3 Å². The van der Waals surface area contributed by atoms with E-state index in [1.165, 1.54) is 18.3 Å². The predicted octanol–water partition coefficient (Wildman–Crippen LogP) is 5.61. The molecule has 0 bridgehead atoms. The summed E-state index contributed by atoms with van der Waals surface area (Å²) in [5.41, 5.74) is 6.28. The Kier molecular flexibility index (Phi) is 5.23. The van der Waals surface area contributed by atoms with Gasteiger partial charge in [0.1, 0.15) is 0 Å². The first kappa shape index (κ1) is 20.9. The molecule has 0 fully saturated rings. The van der Waals surface area contributed by atoms with Crippen molar-refractivity contribution in [3.05, 3.63) is 82.9 Å². The van der Waals surface area contributed by atoms with Crippen molar-refractivity contribution >= 4 is 17.2 Å². The van der Waals surface area contributed by atoms with Crippen LogP contribution in [-0.2, 0) is 4.74 Å². The van der Waals surface area contributed by atoms with E-state index in [-0.39, 0.29) is 16.8 Å². The van der Waals surface area contributed by atoms with Crippen LogP contribution in [0.3, 0.4) is 0 Å². The second-order valence-corrected chi connectivity index (χ2v) is 9.23. The molecule has 0 saturated heterocycles. The van der Waals surface area contributed by atoms with Crippen LogP contribution < -0.4 is 4.90 Å². The molecule has 1 aliphatic heterocycles. The lowest BCUT2D eigenvalue weighted by Gasteiger charge is -2.51. The molecule has 1 heterocycles. The van der Waals surface area contributed by atoms with Crippen LogP contribution in [0.25, 0.3) is 5.57 Å². The first-order valence-electron chi connectivity index (χ1n) is 10.6. The molecule has 0 aromatic heterocycles. The van der Waals surface area contributed by atoms with E-state index in [4.69, 9.17) is 10.00 Å². The van der Waals surface area contributed by atoms with Gasteiger partial charge in [-0.25, -0.2) is 4.79 Å². The second-order valence-electron chi connectivity index (χ2n) is 9.23. The Morgan fingerprint density at radius 3 is 2.32 bits per heavy atom. The lowest BCUT2D eigenvalue weighted by Crippen LogP contribution is -2.46. The van der Waals surface area contributed by atoms with Crippen molar-refractivity contribution in [1.29, 1.82) is 5.26 Å². The molecule has 4 heteroatoms. The number of hydrogen-bond donors (Lipinski definition) is 0. The van der Waals surface area contributed by atoms with E-state index in [0.717, 1.165) is 30.8 Å². The van der Waals surface area contributed by atoms with Gasteiger partial charge in [0.2, 0.25) is 0 Å². The molecular formula is C27H28N2O2. The monoisotopic (exact) mass is 412 g/mol. The zero-order valence-electron chi connectivity index (χ0n) is 18.6. The smallest absolute Gasteiger partial charge is 0.337 e. The van der Waals surface area contributed by atoms with Crippen LogP contribution in [0.2, 0.25) is 0 Å². The van der Waals surface area contributed by atoms with Crippen molar-refractivity contribution in [3.63, 3.8) is 0 Å². The fourth-order valence-electron chi connectivity index (χ4n) is 5.26.